The predicted molar refractivity (Wildman–Crippen MR) is 161 cm³/mol. The molecular formula is C34H28N2O6. The van der Waals surface area contributed by atoms with Crippen LogP contribution in [0.3, 0.4) is 0 Å². The Hall–Kier alpha value is -5.24. The van der Waals surface area contributed by atoms with Gasteiger partial charge in [-0.2, -0.15) is 0 Å². The van der Waals surface area contributed by atoms with Gasteiger partial charge >= 0.3 is 11.9 Å². The number of aromatic nitrogens is 2. The molecule has 0 amide bonds. The van der Waals surface area contributed by atoms with Crippen molar-refractivity contribution in [2.75, 3.05) is 0 Å². The summed E-state index contributed by atoms with van der Waals surface area (Å²) in [6.45, 7) is 1.77. The Labute approximate surface area is 240 Å². The molecule has 210 valence electrons. The third kappa shape index (κ3) is 4.60. The largest absolute Gasteiger partial charge is 0.481 e. The van der Waals surface area contributed by atoms with Gasteiger partial charge in [0.05, 0.1) is 11.0 Å². The summed E-state index contributed by atoms with van der Waals surface area (Å²) in [7, 11) is 0. The second-order valence-corrected chi connectivity index (χ2v) is 10.7. The van der Waals surface area contributed by atoms with E-state index in [1.54, 1.807) is 31.2 Å². The third-order valence-corrected chi connectivity index (χ3v) is 7.91. The number of unbranched alkanes of at least 4 members (excludes halogenated alkanes) is 1. The van der Waals surface area contributed by atoms with E-state index >= 15 is 0 Å². The number of aromatic amines is 2. The van der Waals surface area contributed by atoms with Gasteiger partial charge in [0, 0.05) is 67.7 Å². The van der Waals surface area contributed by atoms with Crippen molar-refractivity contribution in [3.8, 4) is 0 Å². The molecule has 0 radical (unpaired) electrons. The first-order valence-electron chi connectivity index (χ1n) is 13.8. The maximum absolute atomic E-state index is 13.4. The van der Waals surface area contributed by atoms with Crippen LogP contribution in [0.1, 0.15) is 64.4 Å². The molecule has 0 aliphatic carbocycles. The van der Waals surface area contributed by atoms with E-state index in [1.807, 2.05) is 48.5 Å². The topological polar surface area (TPSA) is 129 Å². The first-order valence-corrected chi connectivity index (χ1v) is 13.8. The molecule has 0 aliphatic heterocycles. The lowest BCUT2D eigenvalue weighted by Gasteiger charge is -2.32. The summed E-state index contributed by atoms with van der Waals surface area (Å²) in [5.74, 6) is -1.45. The molecule has 0 saturated carbocycles. The Balaban J connectivity index is 1.62. The van der Waals surface area contributed by atoms with Crippen molar-refractivity contribution in [1.29, 1.82) is 0 Å². The fourth-order valence-electron chi connectivity index (χ4n) is 5.91. The van der Waals surface area contributed by atoms with Crippen molar-refractivity contribution in [3.63, 3.8) is 0 Å². The van der Waals surface area contributed by atoms with E-state index in [-0.39, 0.29) is 12.8 Å². The van der Waals surface area contributed by atoms with Gasteiger partial charge in [-0.1, -0.05) is 36.4 Å². The minimum atomic E-state index is -1.46. The van der Waals surface area contributed by atoms with E-state index in [0.717, 1.165) is 45.2 Å². The van der Waals surface area contributed by atoms with Gasteiger partial charge < -0.3 is 19.8 Å². The number of hydrogen-bond acceptors (Lipinski definition) is 5. The summed E-state index contributed by atoms with van der Waals surface area (Å²) in [4.78, 5) is 55.7. The van der Waals surface area contributed by atoms with Gasteiger partial charge in [0.2, 0.25) is 0 Å². The number of ether oxygens (including phenoxy) is 1. The average molecular weight is 561 g/mol. The smallest absolute Gasteiger partial charge is 0.307 e. The van der Waals surface area contributed by atoms with Crippen LogP contribution in [0.2, 0.25) is 0 Å². The number of para-hydroxylation sites is 2. The summed E-state index contributed by atoms with van der Waals surface area (Å²) >= 11 is 0. The van der Waals surface area contributed by atoms with Gasteiger partial charge in [0.1, 0.15) is 12.6 Å². The molecule has 3 N–H and O–H groups in total. The van der Waals surface area contributed by atoms with E-state index < -0.39 is 17.5 Å². The Morgan fingerprint density at radius 1 is 0.738 bits per heavy atom. The van der Waals surface area contributed by atoms with Crippen LogP contribution >= 0.6 is 0 Å². The minimum Gasteiger partial charge on any atom is -0.481 e. The fourth-order valence-corrected chi connectivity index (χ4v) is 5.91. The summed E-state index contributed by atoms with van der Waals surface area (Å²) in [5.41, 5.74) is 3.58. The van der Waals surface area contributed by atoms with Crippen molar-refractivity contribution >= 4 is 68.1 Å². The molecule has 2 aromatic heterocycles. The lowest BCUT2D eigenvalue weighted by molar-refractivity contribution is -0.155. The zero-order valence-corrected chi connectivity index (χ0v) is 22.9. The lowest BCUT2D eigenvalue weighted by atomic mass is 9.83. The molecule has 0 unspecified atom stereocenters. The van der Waals surface area contributed by atoms with Crippen molar-refractivity contribution in [2.45, 2.75) is 38.2 Å². The molecule has 8 nitrogen and oxygen atoms in total. The number of carboxylic acids is 1. The zero-order valence-electron chi connectivity index (χ0n) is 22.9. The molecular weight excluding hydrogens is 532 g/mol. The van der Waals surface area contributed by atoms with Crippen molar-refractivity contribution in [2.24, 2.45) is 0 Å². The quantitative estimate of drug-likeness (QED) is 0.0937. The summed E-state index contributed by atoms with van der Waals surface area (Å²) < 4.78 is 6.37. The highest BCUT2D eigenvalue weighted by Gasteiger charge is 2.38. The Bertz CT molecular complexity index is 1910. The number of aldehydes is 2. The molecule has 42 heavy (non-hydrogen) atoms. The number of nitrogens with one attached hydrogen (secondary N) is 2. The van der Waals surface area contributed by atoms with Crippen LogP contribution in [0.5, 0.6) is 0 Å². The van der Waals surface area contributed by atoms with Crippen LogP contribution in [0.4, 0.5) is 0 Å². The van der Waals surface area contributed by atoms with Crippen LogP contribution in [-0.4, -0.2) is 39.6 Å². The van der Waals surface area contributed by atoms with Gasteiger partial charge in [-0.3, -0.25) is 19.2 Å². The van der Waals surface area contributed by atoms with Crippen LogP contribution in [0.15, 0.2) is 72.8 Å². The molecule has 6 rings (SSSR count). The Morgan fingerprint density at radius 3 is 1.69 bits per heavy atom. The number of hydrogen-bond donors (Lipinski definition) is 3. The number of rotatable bonds is 10. The SMILES string of the molecule is CC(OC(=O)CCCCC(=O)O)(c1cc(C=O)cc2c1[nH]c1ccccc12)c1cc(C=O)cc2c1[nH]c1ccccc12. The zero-order chi connectivity index (χ0) is 29.4. The molecule has 0 saturated heterocycles. The van der Waals surface area contributed by atoms with Gasteiger partial charge in [-0.25, -0.2) is 0 Å². The Morgan fingerprint density at radius 2 is 1.21 bits per heavy atom. The molecule has 0 aliphatic rings. The van der Waals surface area contributed by atoms with Crippen LogP contribution < -0.4 is 0 Å². The maximum atomic E-state index is 13.4. The molecule has 0 spiro atoms. The molecule has 6 aromatic rings. The first kappa shape index (κ1) is 27.0. The van der Waals surface area contributed by atoms with E-state index in [9.17, 15) is 19.2 Å². The normalized spacial score (nSPS) is 11.8. The third-order valence-electron chi connectivity index (χ3n) is 7.91. The standard InChI is InChI=1S/C34H28N2O6/c1-34(42-31(41)13-7-6-12-30(39)40,26-16-20(18-37)14-24-22-8-2-4-10-28(22)35-32(24)26)27-17-21(19-38)15-25-23-9-3-5-11-29(23)36-33(25)27/h2-5,8-11,14-19,35-36H,6-7,12-13H2,1H3,(H,39,40). The number of carbonyl (C=O) groups excluding carboxylic acids is 3. The van der Waals surface area contributed by atoms with Crippen LogP contribution in [0, 0.1) is 0 Å². The van der Waals surface area contributed by atoms with Crippen LogP contribution in [-0.2, 0) is 19.9 Å². The highest BCUT2D eigenvalue weighted by molar-refractivity contribution is 6.12. The number of carboxylic acid groups (broad SMARTS) is 1. The second-order valence-electron chi connectivity index (χ2n) is 10.7. The number of esters is 1. The monoisotopic (exact) mass is 560 g/mol. The number of H-pyrrole nitrogens is 2. The van der Waals surface area contributed by atoms with Gasteiger partial charge in [0.25, 0.3) is 0 Å². The van der Waals surface area contributed by atoms with Crippen molar-refractivity contribution < 1.29 is 29.0 Å². The maximum Gasteiger partial charge on any atom is 0.307 e. The summed E-state index contributed by atoms with van der Waals surface area (Å²) in [6.07, 6.45) is 2.17. The lowest BCUT2D eigenvalue weighted by Crippen LogP contribution is -2.31. The molecule has 0 fully saturated rings. The van der Waals surface area contributed by atoms with Crippen LogP contribution in [0.25, 0.3) is 43.6 Å². The number of benzene rings is 4. The molecule has 4 aromatic carbocycles. The van der Waals surface area contributed by atoms with Gasteiger partial charge in [0.15, 0.2) is 5.60 Å². The molecule has 2 heterocycles. The van der Waals surface area contributed by atoms with E-state index in [4.69, 9.17) is 9.84 Å². The highest BCUT2D eigenvalue weighted by Crippen LogP contribution is 2.44. The number of fused-ring (bicyclic) bond motifs is 6. The Kier molecular flexibility index (Phi) is 6.82. The first-order chi connectivity index (χ1) is 20.3. The predicted octanol–water partition coefficient (Wildman–Crippen LogP) is 7.03. The van der Waals surface area contributed by atoms with Crippen molar-refractivity contribution in [3.05, 3.63) is 95.1 Å². The second kappa shape index (κ2) is 10.6. The van der Waals surface area contributed by atoms with E-state index in [1.165, 1.54) is 0 Å². The minimum absolute atomic E-state index is 0.00923. The summed E-state index contributed by atoms with van der Waals surface area (Å²) in [6, 6.07) is 22.5. The molecule has 0 atom stereocenters. The fraction of sp³-hybridized carbons (Fsp3) is 0.176. The number of aliphatic carboxylic acids is 1. The molecule has 8 heteroatoms. The van der Waals surface area contributed by atoms with E-state index in [0.29, 0.717) is 46.1 Å². The van der Waals surface area contributed by atoms with Gasteiger partial charge in [-0.15, -0.1) is 0 Å². The van der Waals surface area contributed by atoms with E-state index in [2.05, 4.69) is 9.97 Å². The highest BCUT2D eigenvalue weighted by atomic mass is 16.6. The number of carbonyl (C=O) groups is 4. The van der Waals surface area contributed by atoms with Crippen molar-refractivity contribution in [1.82, 2.24) is 9.97 Å². The molecule has 0 bridgehead atoms. The average Bonchev–Trinajstić information content (AvgIpc) is 3.56. The summed E-state index contributed by atoms with van der Waals surface area (Å²) in [5, 5.41) is 12.4. The van der Waals surface area contributed by atoms with Gasteiger partial charge in [-0.05, 0) is 56.2 Å².